The van der Waals surface area contributed by atoms with Crippen LogP contribution in [0.3, 0.4) is 0 Å². The van der Waals surface area contributed by atoms with Crippen molar-refractivity contribution in [1.82, 2.24) is 9.88 Å². The van der Waals surface area contributed by atoms with Crippen LogP contribution < -0.4 is 0 Å². The maximum atomic E-state index is 12.6. The second kappa shape index (κ2) is 6.75. The average molecular weight is 304 g/mol. The molecular weight excluding hydrogens is 280 g/mol. The zero-order valence-electron chi connectivity index (χ0n) is 13.2. The number of aromatic nitrogens is 1. The maximum absolute atomic E-state index is 12.6. The third kappa shape index (κ3) is 3.15. The summed E-state index contributed by atoms with van der Waals surface area (Å²) in [6.07, 6.45) is 5.34. The standard InChI is InChI=1S/C17H24N2O3/c1-21-13-17-7-4-10-22-15(17)6-9-19(12-17)16(20)11-14-5-2-3-8-18-14/h2-3,5,8,15H,4,6-7,9-13H2,1H3/t15-,17-/m0/s1. The molecule has 1 amide bonds. The zero-order chi connectivity index (χ0) is 15.4. The molecule has 2 atom stereocenters. The van der Waals surface area contributed by atoms with E-state index in [1.165, 1.54) is 0 Å². The van der Waals surface area contributed by atoms with Gasteiger partial charge in [-0.15, -0.1) is 0 Å². The Morgan fingerprint density at radius 2 is 2.45 bits per heavy atom. The largest absolute Gasteiger partial charge is 0.384 e. The van der Waals surface area contributed by atoms with Gasteiger partial charge in [-0.3, -0.25) is 9.78 Å². The summed E-state index contributed by atoms with van der Waals surface area (Å²) in [7, 11) is 1.73. The highest BCUT2D eigenvalue weighted by Gasteiger charge is 2.46. The highest BCUT2D eigenvalue weighted by Crippen LogP contribution is 2.40. The summed E-state index contributed by atoms with van der Waals surface area (Å²) >= 11 is 0. The van der Waals surface area contributed by atoms with Gasteiger partial charge in [-0.1, -0.05) is 6.07 Å². The van der Waals surface area contributed by atoms with Gasteiger partial charge in [0.25, 0.3) is 0 Å². The molecule has 2 fully saturated rings. The summed E-state index contributed by atoms with van der Waals surface area (Å²) in [4.78, 5) is 18.8. The lowest BCUT2D eigenvalue weighted by Crippen LogP contribution is -2.58. The van der Waals surface area contributed by atoms with Crippen LogP contribution in [-0.2, 0) is 20.7 Å². The Bertz CT molecular complexity index is 504. The van der Waals surface area contributed by atoms with E-state index in [4.69, 9.17) is 9.47 Å². The fourth-order valence-electron chi connectivity index (χ4n) is 3.77. The van der Waals surface area contributed by atoms with E-state index < -0.39 is 0 Å². The van der Waals surface area contributed by atoms with Crippen LogP contribution in [0.4, 0.5) is 0 Å². The molecule has 5 nitrogen and oxygen atoms in total. The molecule has 0 aliphatic carbocycles. The minimum absolute atomic E-state index is 0.0367. The van der Waals surface area contributed by atoms with Crippen LogP contribution in [0.5, 0.6) is 0 Å². The number of hydrogen-bond donors (Lipinski definition) is 0. The van der Waals surface area contributed by atoms with Crippen molar-refractivity contribution >= 4 is 5.91 Å². The van der Waals surface area contributed by atoms with Crippen molar-refractivity contribution in [1.29, 1.82) is 0 Å². The van der Waals surface area contributed by atoms with Gasteiger partial charge in [0.1, 0.15) is 0 Å². The first-order chi connectivity index (χ1) is 10.7. The molecular formula is C17H24N2O3. The van der Waals surface area contributed by atoms with Crippen molar-refractivity contribution in [2.75, 3.05) is 33.4 Å². The van der Waals surface area contributed by atoms with Crippen molar-refractivity contribution in [2.24, 2.45) is 5.41 Å². The van der Waals surface area contributed by atoms with Gasteiger partial charge < -0.3 is 14.4 Å². The average Bonchev–Trinajstić information content (AvgIpc) is 2.55. The number of pyridine rings is 1. The summed E-state index contributed by atoms with van der Waals surface area (Å²) in [5.74, 6) is 0.151. The lowest BCUT2D eigenvalue weighted by atomic mass is 9.73. The molecule has 2 aliphatic rings. The molecule has 0 N–H and O–H groups in total. The van der Waals surface area contributed by atoms with E-state index in [-0.39, 0.29) is 17.4 Å². The van der Waals surface area contributed by atoms with E-state index in [2.05, 4.69) is 4.98 Å². The molecule has 120 valence electrons. The van der Waals surface area contributed by atoms with Crippen molar-refractivity contribution in [3.05, 3.63) is 30.1 Å². The van der Waals surface area contributed by atoms with Crippen molar-refractivity contribution in [3.63, 3.8) is 0 Å². The minimum Gasteiger partial charge on any atom is -0.384 e. The van der Waals surface area contributed by atoms with E-state index in [9.17, 15) is 4.79 Å². The molecule has 5 heteroatoms. The van der Waals surface area contributed by atoms with Crippen molar-refractivity contribution < 1.29 is 14.3 Å². The predicted octanol–water partition coefficient (Wildman–Crippen LogP) is 1.67. The molecule has 3 rings (SSSR count). The Kier molecular flexibility index (Phi) is 4.74. The Balaban J connectivity index is 1.68. The van der Waals surface area contributed by atoms with E-state index >= 15 is 0 Å². The van der Waals surface area contributed by atoms with Crippen LogP contribution in [0.15, 0.2) is 24.4 Å². The first-order valence-electron chi connectivity index (χ1n) is 8.02. The lowest BCUT2D eigenvalue weighted by Gasteiger charge is -2.50. The molecule has 2 aliphatic heterocycles. The van der Waals surface area contributed by atoms with Crippen molar-refractivity contribution in [2.45, 2.75) is 31.8 Å². The maximum Gasteiger partial charge on any atom is 0.228 e. The van der Waals surface area contributed by atoms with E-state index in [0.29, 0.717) is 13.0 Å². The van der Waals surface area contributed by atoms with Crippen LogP contribution >= 0.6 is 0 Å². The number of fused-ring (bicyclic) bond motifs is 1. The van der Waals surface area contributed by atoms with Gasteiger partial charge in [0.05, 0.1) is 19.1 Å². The molecule has 0 unspecified atom stereocenters. The number of ether oxygens (including phenoxy) is 2. The molecule has 2 saturated heterocycles. The quantitative estimate of drug-likeness (QED) is 0.849. The Morgan fingerprint density at radius 1 is 1.55 bits per heavy atom. The molecule has 1 aromatic heterocycles. The van der Waals surface area contributed by atoms with Crippen LogP contribution in [0, 0.1) is 5.41 Å². The van der Waals surface area contributed by atoms with Gasteiger partial charge >= 0.3 is 0 Å². The van der Waals surface area contributed by atoms with Crippen LogP contribution in [0.2, 0.25) is 0 Å². The second-order valence-corrected chi connectivity index (χ2v) is 6.36. The molecule has 0 bridgehead atoms. The second-order valence-electron chi connectivity index (χ2n) is 6.36. The van der Waals surface area contributed by atoms with Crippen LogP contribution in [0.25, 0.3) is 0 Å². The summed E-state index contributed by atoms with van der Waals surface area (Å²) < 4.78 is 11.4. The number of hydrogen-bond acceptors (Lipinski definition) is 4. The monoisotopic (exact) mass is 304 g/mol. The Morgan fingerprint density at radius 3 is 3.23 bits per heavy atom. The summed E-state index contributed by atoms with van der Waals surface area (Å²) in [6, 6.07) is 5.69. The smallest absolute Gasteiger partial charge is 0.228 e. The molecule has 22 heavy (non-hydrogen) atoms. The number of likely N-dealkylation sites (tertiary alicyclic amines) is 1. The Labute approximate surface area is 131 Å². The summed E-state index contributed by atoms with van der Waals surface area (Å²) in [6.45, 7) is 2.99. The number of nitrogens with zero attached hydrogens (tertiary/aromatic N) is 2. The normalized spacial score (nSPS) is 28.2. The lowest BCUT2D eigenvalue weighted by molar-refractivity contribution is -0.161. The molecule has 0 radical (unpaired) electrons. The predicted molar refractivity (Wildman–Crippen MR) is 82.4 cm³/mol. The van der Waals surface area contributed by atoms with Gasteiger partial charge in [-0.2, -0.15) is 0 Å². The van der Waals surface area contributed by atoms with Crippen LogP contribution in [-0.4, -0.2) is 55.3 Å². The third-order valence-corrected chi connectivity index (χ3v) is 4.83. The molecule has 1 aromatic rings. The van der Waals surface area contributed by atoms with Crippen molar-refractivity contribution in [3.8, 4) is 0 Å². The highest BCUT2D eigenvalue weighted by molar-refractivity contribution is 5.78. The molecule has 0 spiro atoms. The fourth-order valence-corrected chi connectivity index (χ4v) is 3.77. The highest BCUT2D eigenvalue weighted by atomic mass is 16.5. The van der Waals surface area contributed by atoms with Gasteiger partial charge in [0, 0.05) is 44.1 Å². The number of piperidine rings is 1. The van der Waals surface area contributed by atoms with E-state index in [0.717, 1.165) is 44.7 Å². The third-order valence-electron chi connectivity index (χ3n) is 4.83. The molecule has 0 aromatic carbocycles. The number of amides is 1. The Hall–Kier alpha value is -1.46. The topological polar surface area (TPSA) is 51.7 Å². The SMILES string of the molecule is COC[C@@]12CCCO[C@H]1CCN(C(=O)Cc1ccccn1)C2. The van der Waals surface area contributed by atoms with E-state index in [1.807, 2.05) is 23.1 Å². The number of carbonyl (C=O) groups excluding carboxylic acids is 1. The molecule has 0 saturated carbocycles. The minimum atomic E-state index is -0.0367. The first kappa shape index (κ1) is 15.4. The van der Waals surface area contributed by atoms with Crippen LogP contribution in [0.1, 0.15) is 25.0 Å². The molecule has 3 heterocycles. The number of methoxy groups -OCH3 is 1. The first-order valence-corrected chi connectivity index (χ1v) is 8.02. The van der Waals surface area contributed by atoms with Gasteiger partial charge in [0.2, 0.25) is 5.91 Å². The summed E-state index contributed by atoms with van der Waals surface area (Å²) in [5.41, 5.74) is 0.792. The summed E-state index contributed by atoms with van der Waals surface area (Å²) in [5, 5.41) is 0. The van der Waals surface area contributed by atoms with Gasteiger partial charge in [-0.05, 0) is 31.4 Å². The zero-order valence-corrected chi connectivity index (χ0v) is 13.2. The van der Waals surface area contributed by atoms with E-state index in [1.54, 1.807) is 13.3 Å². The number of rotatable bonds is 4. The number of carbonyl (C=O) groups is 1. The van der Waals surface area contributed by atoms with Gasteiger partial charge in [0.15, 0.2) is 0 Å². The van der Waals surface area contributed by atoms with Gasteiger partial charge in [-0.25, -0.2) is 0 Å². The fraction of sp³-hybridized carbons (Fsp3) is 0.647.